The number of nitrogens with two attached hydrogens (primary N) is 1. The van der Waals surface area contributed by atoms with Crippen LogP contribution in [-0.2, 0) is 9.53 Å². The predicted molar refractivity (Wildman–Crippen MR) is 71.8 cm³/mol. The van der Waals surface area contributed by atoms with Crippen molar-refractivity contribution in [2.45, 2.75) is 58.3 Å². The average Bonchev–Trinajstić information content (AvgIpc) is 2.34. The van der Waals surface area contributed by atoms with Crippen LogP contribution in [0.4, 0.5) is 0 Å². The lowest BCUT2D eigenvalue weighted by molar-refractivity contribution is -0.143. The average molecular weight is 241 g/mol. The summed E-state index contributed by atoms with van der Waals surface area (Å²) >= 11 is 0. The van der Waals surface area contributed by atoms with Gasteiger partial charge < -0.3 is 10.5 Å². The van der Waals surface area contributed by atoms with Crippen molar-refractivity contribution >= 4 is 5.97 Å². The first-order valence-electron chi connectivity index (χ1n) is 6.82. The third-order valence-corrected chi connectivity index (χ3v) is 2.52. The number of ether oxygens (including phenoxy) is 1. The molecule has 0 bridgehead atoms. The standard InChI is InChI=1S/C14H27NO2/c1-2-3-4-5-6-7-8-9-10-11-14(16)17-13-12-15/h7-8H,2-6,9-13,15H2,1H3/b8-7+. The molecule has 3 heteroatoms. The quantitative estimate of drug-likeness (QED) is 0.343. The van der Waals surface area contributed by atoms with Crippen LogP contribution in [0.5, 0.6) is 0 Å². The van der Waals surface area contributed by atoms with Crippen LogP contribution in [0.1, 0.15) is 58.3 Å². The maximum atomic E-state index is 11.1. The molecule has 0 rings (SSSR count). The molecule has 0 atom stereocenters. The number of unbranched alkanes of at least 4 members (excludes halogenated alkanes) is 5. The summed E-state index contributed by atoms with van der Waals surface area (Å²) in [5.41, 5.74) is 5.23. The van der Waals surface area contributed by atoms with Gasteiger partial charge in [-0.25, -0.2) is 0 Å². The number of esters is 1. The molecule has 0 unspecified atom stereocenters. The van der Waals surface area contributed by atoms with Crippen LogP contribution in [-0.4, -0.2) is 19.1 Å². The highest BCUT2D eigenvalue weighted by Crippen LogP contribution is 2.04. The van der Waals surface area contributed by atoms with E-state index in [0.717, 1.165) is 19.3 Å². The van der Waals surface area contributed by atoms with Crippen LogP contribution in [0, 0.1) is 0 Å². The van der Waals surface area contributed by atoms with E-state index in [1.165, 1.54) is 25.7 Å². The zero-order valence-electron chi connectivity index (χ0n) is 11.1. The Labute approximate surface area is 105 Å². The molecular weight excluding hydrogens is 214 g/mol. The Balaban J connectivity index is 3.21. The summed E-state index contributed by atoms with van der Waals surface area (Å²) in [4.78, 5) is 11.1. The Bertz CT molecular complexity index is 202. The highest BCUT2D eigenvalue weighted by atomic mass is 16.5. The fourth-order valence-corrected chi connectivity index (χ4v) is 1.53. The van der Waals surface area contributed by atoms with Gasteiger partial charge in [-0.15, -0.1) is 0 Å². The second-order valence-electron chi connectivity index (χ2n) is 4.22. The van der Waals surface area contributed by atoms with Gasteiger partial charge in [0.1, 0.15) is 6.61 Å². The van der Waals surface area contributed by atoms with E-state index >= 15 is 0 Å². The van der Waals surface area contributed by atoms with Gasteiger partial charge >= 0.3 is 5.97 Å². The minimum atomic E-state index is -0.133. The van der Waals surface area contributed by atoms with Crippen LogP contribution >= 0.6 is 0 Å². The number of hydrogen-bond donors (Lipinski definition) is 1. The Hall–Kier alpha value is -0.830. The molecule has 3 nitrogen and oxygen atoms in total. The second kappa shape index (κ2) is 13.2. The molecule has 0 aliphatic rings. The monoisotopic (exact) mass is 241 g/mol. The molecule has 17 heavy (non-hydrogen) atoms. The number of rotatable bonds is 11. The van der Waals surface area contributed by atoms with Gasteiger partial charge in [0.25, 0.3) is 0 Å². The normalized spacial score (nSPS) is 10.9. The Morgan fingerprint density at radius 2 is 1.82 bits per heavy atom. The summed E-state index contributed by atoms with van der Waals surface area (Å²) < 4.78 is 4.88. The van der Waals surface area contributed by atoms with Crippen molar-refractivity contribution in [3.8, 4) is 0 Å². The molecule has 0 amide bonds. The van der Waals surface area contributed by atoms with Crippen molar-refractivity contribution in [2.24, 2.45) is 5.73 Å². The molecule has 0 heterocycles. The van der Waals surface area contributed by atoms with E-state index in [4.69, 9.17) is 10.5 Å². The lowest BCUT2D eigenvalue weighted by atomic mass is 10.1. The molecule has 0 fully saturated rings. The van der Waals surface area contributed by atoms with Crippen LogP contribution in [0.15, 0.2) is 12.2 Å². The van der Waals surface area contributed by atoms with Gasteiger partial charge in [0, 0.05) is 13.0 Å². The van der Waals surface area contributed by atoms with Crippen molar-refractivity contribution in [1.82, 2.24) is 0 Å². The topological polar surface area (TPSA) is 52.3 Å². The van der Waals surface area contributed by atoms with E-state index in [1.54, 1.807) is 0 Å². The van der Waals surface area contributed by atoms with Gasteiger partial charge in [0.15, 0.2) is 0 Å². The van der Waals surface area contributed by atoms with Crippen LogP contribution in [0.25, 0.3) is 0 Å². The van der Waals surface area contributed by atoms with Gasteiger partial charge in [-0.3, -0.25) is 4.79 Å². The minimum absolute atomic E-state index is 0.133. The van der Waals surface area contributed by atoms with Crippen molar-refractivity contribution in [2.75, 3.05) is 13.2 Å². The van der Waals surface area contributed by atoms with E-state index in [9.17, 15) is 4.79 Å². The molecule has 0 aliphatic carbocycles. The Kier molecular flexibility index (Phi) is 12.6. The maximum absolute atomic E-state index is 11.1. The highest BCUT2D eigenvalue weighted by molar-refractivity contribution is 5.69. The highest BCUT2D eigenvalue weighted by Gasteiger charge is 1.99. The number of allylic oxidation sites excluding steroid dienone is 2. The van der Waals surface area contributed by atoms with Gasteiger partial charge in [-0.2, -0.15) is 0 Å². The third-order valence-electron chi connectivity index (χ3n) is 2.52. The van der Waals surface area contributed by atoms with Crippen molar-refractivity contribution in [3.05, 3.63) is 12.2 Å². The maximum Gasteiger partial charge on any atom is 0.305 e. The zero-order chi connectivity index (χ0) is 12.8. The molecule has 0 saturated carbocycles. The van der Waals surface area contributed by atoms with Crippen molar-refractivity contribution < 1.29 is 9.53 Å². The van der Waals surface area contributed by atoms with Crippen molar-refractivity contribution in [1.29, 1.82) is 0 Å². The van der Waals surface area contributed by atoms with Crippen molar-refractivity contribution in [3.63, 3.8) is 0 Å². The molecule has 0 aromatic heterocycles. The number of carbonyl (C=O) groups excluding carboxylic acids is 1. The van der Waals surface area contributed by atoms with Crippen LogP contribution < -0.4 is 5.73 Å². The van der Waals surface area contributed by atoms with E-state index < -0.39 is 0 Å². The minimum Gasteiger partial charge on any atom is -0.464 e. The Morgan fingerprint density at radius 1 is 1.12 bits per heavy atom. The first-order valence-corrected chi connectivity index (χ1v) is 6.82. The summed E-state index contributed by atoms with van der Waals surface area (Å²) in [5.74, 6) is -0.133. The molecule has 0 aromatic carbocycles. The molecule has 0 spiro atoms. The Morgan fingerprint density at radius 3 is 2.47 bits per heavy atom. The lowest BCUT2D eigenvalue weighted by Crippen LogP contribution is -2.13. The third kappa shape index (κ3) is 13.1. The molecule has 2 N–H and O–H groups in total. The van der Waals surface area contributed by atoms with Crippen LogP contribution in [0.2, 0.25) is 0 Å². The van der Waals surface area contributed by atoms with Gasteiger partial charge in [-0.05, 0) is 25.7 Å². The smallest absolute Gasteiger partial charge is 0.305 e. The van der Waals surface area contributed by atoms with E-state index in [1.807, 2.05) is 0 Å². The fraction of sp³-hybridized carbons (Fsp3) is 0.786. The zero-order valence-corrected chi connectivity index (χ0v) is 11.1. The van der Waals surface area contributed by atoms with E-state index in [0.29, 0.717) is 19.6 Å². The van der Waals surface area contributed by atoms with Gasteiger partial charge in [0.2, 0.25) is 0 Å². The molecule has 0 aliphatic heterocycles. The molecule has 100 valence electrons. The summed E-state index contributed by atoms with van der Waals surface area (Å²) in [5, 5.41) is 0. The first kappa shape index (κ1) is 16.2. The fourth-order valence-electron chi connectivity index (χ4n) is 1.53. The number of hydrogen-bond acceptors (Lipinski definition) is 3. The number of carbonyl (C=O) groups is 1. The lowest BCUT2D eigenvalue weighted by Gasteiger charge is -2.01. The summed E-state index contributed by atoms with van der Waals surface area (Å²) in [6.07, 6.45) is 13.1. The predicted octanol–water partition coefficient (Wildman–Crippen LogP) is 3.19. The van der Waals surface area contributed by atoms with Crippen LogP contribution in [0.3, 0.4) is 0 Å². The van der Waals surface area contributed by atoms with E-state index in [-0.39, 0.29) is 5.97 Å². The summed E-state index contributed by atoms with van der Waals surface area (Å²) in [7, 11) is 0. The largest absolute Gasteiger partial charge is 0.464 e. The van der Waals surface area contributed by atoms with Gasteiger partial charge in [0.05, 0.1) is 0 Å². The second-order valence-corrected chi connectivity index (χ2v) is 4.22. The first-order chi connectivity index (χ1) is 8.31. The van der Waals surface area contributed by atoms with E-state index in [2.05, 4.69) is 19.1 Å². The summed E-state index contributed by atoms with van der Waals surface area (Å²) in [6.45, 7) is 2.97. The van der Waals surface area contributed by atoms with Gasteiger partial charge in [-0.1, -0.05) is 38.3 Å². The summed E-state index contributed by atoms with van der Waals surface area (Å²) in [6, 6.07) is 0. The molecular formula is C14H27NO2. The molecule has 0 radical (unpaired) electrons. The molecule has 0 saturated heterocycles. The SMILES string of the molecule is CCCCCC/C=C/CCCC(=O)OCCN. The molecule has 0 aromatic rings.